The zero-order valence-corrected chi connectivity index (χ0v) is 33.0. The summed E-state index contributed by atoms with van der Waals surface area (Å²) in [6, 6.07) is 2.55. The first-order valence-electron chi connectivity index (χ1n) is 22.4. The highest BCUT2D eigenvalue weighted by atomic mass is 15.9. The van der Waals surface area contributed by atoms with Crippen molar-refractivity contribution in [2.75, 3.05) is 13.1 Å². The van der Waals surface area contributed by atoms with Gasteiger partial charge in [0.05, 0.1) is 0 Å². The molecule has 0 saturated heterocycles. The standard InChI is InChI=1S/C43H85N5/c1-5-6-7-8-9-10-11-12-13-22-35-45-43(34-21-20-32-42(43)44-36-33-38(4)25-23-24-37(2)3)48(46-39-26-14-15-27-39)47(40-28-16-17-29-40)41-30-18-19-31-41/h37-42,44-46H,5-36H2,1-4H3. The van der Waals surface area contributed by atoms with Gasteiger partial charge in [0.15, 0.2) is 0 Å². The van der Waals surface area contributed by atoms with Gasteiger partial charge < -0.3 is 5.32 Å². The minimum absolute atomic E-state index is 0.0355. The third kappa shape index (κ3) is 13.4. The molecule has 5 heteroatoms. The number of nitrogens with zero attached hydrogens (tertiary/aromatic N) is 2. The number of hydrogen-bond acceptors (Lipinski definition) is 5. The van der Waals surface area contributed by atoms with E-state index in [-0.39, 0.29) is 5.66 Å². The van der Waals surface area contributed by atoms with E-state index in [4.69, 9.17) is 0 Å². The molecule has 48 heavy (non-hydrogen) atoms. The molecule has 4 rings (SSSR count). The van der Waals surface area contributed by atoms with E-state index in [0.717, 1.165) is 18.4 Å². The molecule has 4 fully saturated rings. The van der Waals surface area contributed by atoms with Crippen molar-refractivity contribution in [2.45, 2.75) is 250 Å². The van der Waals surface area contributed by atoms with Gasteiger partial charge in [-0.05, 0) is 89.1 Å². The average molecular weight is 672 g/mol. The van der Waals surface area contributed by atoms with Crippen LogP contribution >= 0.6 is 0 Å². The highest BCUT2D eigenvalue weighted by molar-refractivity contribution is 5.02. The Hall–Kier alpha value is -0.200. The van der Waals surface area contributed by atoms with Crippen LogP contribution in [0.2, 0.25) is 0 Å². The maximum atomic E-state index is 4.46. The van der Waals surface area contributed by atoms with Crippen LogP contribution in [0.4, 0.5) is 0 Å². The SMILES string of the molecule is CCCCCCCCCCCCNC1(N(NC2CCCC2)N(C2CCCC2)C2CCCC2)CCCCC1NCCC(C)CCCC(C)C. The van der Waals surface area contributed by atoms with Gasteiger partial charge in [-0.25, -0.2) is 10.4 Å². The monoisotopic (exact) mass is 672 g/mol. The zero-order chi connectivity index (χ0) is 33.9. The quantitative estimate of drug-likeness (QED) is 0.0485. The molecule has 0 amide bonds. The smallest absolute Gasteiger partial charge is 0.116 e. The van der Waals surface area contributed by atoms with E-state index in [2.05, 4.69) is 53.9 Å². The zero-order valence-electron chi connectivity index (χ0n) is 33.0. The Bertz CT molecular complexity index is 770. The normalized spacial score (nSPS) is 25.4. The molecule has 0 aromatic rings. The predicted octanol–water partition coefficient (Wildman–Crippen LogP) is 11.4. The van der Waals surface area contributed by atoms with Crippen LogP contribution in [0.25, 0.3) is 0 Å². The number of nitrogens with one attached hydrogen (secondary N) is 3. The Balaban J connectivity index is 1.48. The minimum atomic E-state index is -0.0355. The Morgan fingerprint density at radius 1 is 0.583 bits per heavy atom. The summed E-state index contributed by atoms with van der Waals surface area (Å²) in [6.45, 7) is 11.9. The van der Waals surface area contributed by atoms with Crippen molar-refractivity contribution in [1.82, 2.24) is 26.2 Å². The summed E-state index contributed by atoms with van der Waals surface area (Å²) in [7, 11) is 0. The summed E-state index contributed by atoms with van der Waals surface area (Å²) in [6.07, 6.45) is 41.6. The number of hydrazine groups is 2. The fraction of sp³-hybridized carbons (Fsp3) is 1.00. The summed E-state index contributed by atoms with van der Waals surface area (Å²) in [5.74, 6) is 1.65. The molecule has 0 radical (unpaired) electrons. The second-order valence-electron chi connectivity index (χ2n) is 17.7. The van der Waals surface area contributed by atoms with Crippen molar-refractivity contribution in [1.29, 1.82) is 0 Å². The second-order valence-corrected chi connectivity index (χ2v) is 17.7. The number of rotatable bonds is 26. The van der Waals surface area contributed by atoms with Crippen LogP contribution in [0.3, 0.4) is 0 Å². The first kappa shape index (κ1) is 40.6. The molecular weight excluding hydrogens is 587 g/mol. The Morgan fingerprint density at radius 2 is 1.15 bits per heavy atom. The molecule has 0 aliphatic heterocycles. The van der Waals surface area contributed by atoms with Crippen molar-refractivity contribution in [3.63, 3.8) is 0 Å². The lowest BCUT2D eigenvalue weighted by Gasteiger charge is -2.58. The molecule has 0 heterocycles. The van der Waals surface area contributed by atoms with Crippen molar-refractivity contribution in [3.8, 4) is 0 Å². The van der Waals surface area contributed by atoms with Crippen LogP contribution in [0.1, 0.15) is 220 Å². The average Bonchev–Trinajstić information content (AvgIpc) is 3.90. The van der Waals surface area contributed by atoms with Gasteiger partial charge in [-0.3, -0.25) is 5.32 Å². The molecule has 0 bridgehead atoms. The molecule has 3 unspecified atom stereocenters. The molecule has 4 aliphatic rings. The molecule has 0 aromatic heterocycles. The van der Waals surface area contributed by atoms with E-state index < -0.39 is 0 Å². The summed E-state index contributed by atoms with van der Waals surface area (Å²) in [4.78, 5) is 0. The Morgan fingerprint density at radius 3 is 1.75 bits per heavy atom. The van der Waals surface area contributed by atoms with Crippen LogP contribution in [-0.4, -0.2) is 53.0 Å². The molecule has 4 saturated carbocycles. The van der Waals surface area contributed by atoms with Gasteiger partial charge in [-0.1, -0.05) is 156 Å². The van der Waals surface area contributed by atoms with Gasteiger partial charge in [0.25, 0.3) is 0 Å². The molecule has 3 N–H and O–H groups in total. The van der Waals surface area contributed by atoms with Gasteiger partial charge in [0.1, 0.15) is 5.66 Å². The highest BCUT2D eigenvalue weighted by Gasteiger charge is 2.51. The van der Waals surface area contributed by atoms with Gasteiger partial charge in [0.2, 0.25) is 0 Å². The summed E-state index contributed by atoms with van der Waals surface area (Å²) < 4.78 is 0. The van der Waals surface area contributed by atoms with E-state index in [1.54, 1.807) is 0 Å². The Kier molecular flexibility index (Phi) is 19.8. The van der Waals surface area contributed by atoms with Crippen LogP contribution in [0, 0.1) is 11.8 Å². The van der Waals surface area contributed by atoms with Crippen molar-refractivity contribution in [3.05, 3.63) is 0 Å². The molecule has 5 nitrogen and oxygen atoms in total. The first-order chi connectivity index (χ1) is 23.5. The van der Waals surface area contributed by atoms with E-state index in [9.17, 15) is 0 Å². The first-order valence-corrected chi connectivity index (χ1v) is 22.4. The molecule has 282 valence electrons. The molecule has 4 aliphatic carbocycles. The summed E-state index contributed by atoms with van der Waals surface area (Å²) in [5.41, 5.74) is 4.36. The fourth-order valence-corrected chi connectivity index (χ4v) is 9.99. The van der Waals surface area contributed by atoms with E-state index in [1.807, 2.05) is 0 Å². The summed E-state index contributed by atoms with van der Waals surface area (Å²) in [5, 5.41) is 14.7. The summed E-state index contributed by atoms with van der Waals surface area (Å²) >= 11 is 0. The van der Waals surface area contributed by atoms with Gasteiger partial charge in [-0.15, -0.1) is 0 Å². The van der Waals surface area contributed by atoms with E-state index in [0.29, 0.717) is 24.2 Å². The van der Waals surface area contributed by atoms with E-state index >= 15 is 0 Å². The third-order valence-electron chi connectivity index (χ3n) is 13.0. The lowest BCUT2D eigenvalue weighted by atomic mass is 9.83. The van der Waals surface area contributed by atoms with Gasteiger partial charge in [-0.2, -0.15) is 5.12 Å². The maximum absolute atomic E-state index is 4.46. The number of hydrogen-bond donors (Lipinski definition) is 3. The topological polar surface area (TPSA) is 42.6 Å². The van der Waals surface area contributed by atoms with Gasteiger partial charge >= 0.3 is 0 Å². The van der Waals surface area contributed by atoms with E-state index in [1.165, 1.54) is 199 Å². The Labute approximate surface area is 300 Å². The van der Waals surface area contributed by atoms with Crippen molar-refractivity contribution in [2.24, 2.45) is 11.8 Å². The van der Waals surface area contributed by atoms with Crippen molar-refractivity contribution < 1.29 is 0 Å². The van der Waals surface area contributed by atoms with Crippen LogP contribution in [0.15, 0.2) is 0 Å². The molecule has 3 atom stereocenters. The van der Waals surface area contributed by atoms with Crippen LogP contribution in [-0.2, 0) is 0 Å². The lowest BCUT2D eigenvalue weighted by Crippen LogP contribution is -2.79. The molecular formula is C43H85N5. The van der Waals surface area contributed by atoms with Crippen LogP contribution < -0.4 is 16.1 Å². The second kappa shape index (κ2) is 23.4. The van der Waals surface area contributed by atoms with Crippen LogP contribution in [0.5, 0.6) is 0 Å². The highest BCUT2D eigenvalue weighted by Crippen LogP contribution is 2.40. The molecule has 0 aromatic carbocycles. The fourth-order valence-electron chi connectivity index (χ4n) is 9.99. The lowest BCUT2D eigenvalue weighted by molar-refractivity contribution is -0.225. The van der Waals surface area contributed by atoms with Gasteiger partial charge in [0, 0.05) is 24.2 Å². The minimum Gasteiger partial charge on any atom is -0.311 e. The molecule has 0 spiro atoms. The third-order valence-corrected chi connectivity index (χ3v) is 13.0. The number of unbranched alkanes of at least 4 members (excludes halogenated alkanes) is 9. The largest absolute Gasteiger partial charge is 0.311 e. The maximum Gasteiger partial charge on any atom is 0.116 e. The predicted molar refractivity (Wildman–Crippen MR) is 209 cm³/mol. The van der Waals surface area contributed by atoms with Crippen molar-refractivity contribution >= 4 is 0 Å².